The topological polar surface area (TPSA) is 76.1 Å². The van der Waals surface area contributed by atoms with E-state index in [-0.39, 0.29) is 29.2 Å². The van der Waals surface area contributed by atoms with Crippen LogP contribution < -0.4 is 4.42 Å². The molecule has 0 unspecified atom stereocenters. The first-order valence-electron chi connectivity index (χ1n) is 7.13. The maximum Gasteiger partial charge on any atom is 0.340 e. The predicted molar refractivity (Wildman–Crippen MR) is 89.8 cm³/mol. The minimum absolute atomic E-state index is 0.0840. The molecule has 1 N–H and O–H groups in total. The number of aromatic hydroxyl groups is 1. The number of halogens is 1. The smallest absolute Gasteiger partial charge is 0.340 e. The van der Waals surface area contributed by atoms with Crippen LogP contribution in [0, 0.1) is 0 Å². The molecule has 0 atom stereocenters. The monoisotopic (exact) mass is 349 g/mol. The molecule has 0 aliphatic rings. The molecule has 0 radical (unpaired) electrons. The highest BCUT2D eigenvalue weighted by molar-refractivity contribution is 6.31. The summed E-state index contributed by atoms with van der Waals surface area (Å²) in [5.41, 5.74) is 0.867. The van der Waals surface area contributed by atoms with Gasteiger partial charge in [0.1, 0.15) is 5.75 Å². The summed E-state index contributed by atoms with van der Waals surface area (Å²) in [6.07, 6.45) is 0. The molecule has 126 valence electrons. The second kappa shape index (κ2) is 7.70. The predicted octanol–water partition coefficient (Wildman–Crippen LogP) is 3.65. The second-order valence-electron chi connectivity index (χ2n) is 4.71. The maximum atomic E-state index is 12.1. The number of hydrogen-bond donors (Lipinski definition) is 1. The summed E-state index contributed by atoms with van der Waals surface area (Å²) in [5, 5.41) is 9.74. The molecule has 0 saturated carbocycles. The average molecular weight is 350 g/mol. The van der Waals surface area contributed by atoms with Gasteiger partial charge >= 0.3 is 11.9 Å². The normalized spacial score (nSPS) is 10.1. The molecule has 6 nitrogen and oxygen atoms in total. The summed E-state index contributed by atoms with van der Waals surface area (Å²) in [4.78, 5) is 24.0. The van der Waals surface area contributed by atoms with Crippen molar-refractivity contribution in [2.24, 2.45) is 0 Å². The fraction of sp³-hybridized carbons (Fsp3) is 0.176. The molecule has 0 aliphatic heterocycles. The van der Waals surface area contributed by atoms with Gasteiger partial charge in [-0.05, 0) is 31.2 Å². The molecule has 0 bridgehead atoms. The van der Waals surface area contributed by atoms with Crippen molar-refractivity contribution in [1.82, 2.24) is 0 Å². The standard InChI is InChI=1S/C17H16ClNO5/c1-3-24-17(22)13-9-8-11(20)10-15(13)19(18)14-7-5-4-6-12(14)16(21)23-2/h4-10,20H,3H2,1-2H3. The van der Waals surface area contributed by atoms with E-state index >= 15 is 0 Å². The fourth-order valence-electron chi connectivity index (χ4n) is 2.12. The lowest BCUT2D eigenvalue weighted by atomic mass is 10.1. The Morgan fingerprint density at radius 1 is 1.08 bits per heavy atom. The molecule has 0 amide bonds. The number of hydrogen-bond acceptors (Lipinski definition) is 6. The highest BCUT2D eigenvalue weighted by Crippen LogP contribution is 2.35. The third kappa shape index (κ3) is 3.60. The van der Waals surface area contributed by atoms with Gasteiger partial charge in [0.25, 0.3) is 0 Å². The molecular formula is C17H16ClNO5. The fourth-order valence-corrected chi connectivity index (χ4v) is 2.41. The van der Waals surface area contributed by atoms with Crippen molar-refractivity contribution >= 4 is 35.1 Å². The molecule has 24 heavy (non-hydrogen) atoms. The van der Waals surface area contributed by atoms with Crippen LogP contribution >= 0.6 is 11.8 Å². The van der Waals surface area contributed by atoms with Gasteiger partial charge in [0.15, 0.2) is 0 Å². The summed E-state index contributed by atoms with van der Waals surface area (Å²) in [6.45, 7) is 1.88. The Labute approximate surface area is 144 Å². The van der Waals surface area contributed by atoms with Gasteiger partial charge in [0, 0.05) is 17.8 Å². The third-order valence-corrected chi connectivity index (χ3v) is 3.57. The van der Waals surface area contributed by atoms with Crippen LogP contribution in [0.4, 0.5) is 11.4 Å². The molecule has 0 spiro atoms. The summed E-state index contributed by atoms with van der Waals surface area (Å²) in [6, 6.07) is 10.6. The van der Waals surface area contributed by atoms with Crippen LogP contribution in [-0.4, -0.2) is 30.8 Å². The summed E-state index contributed by atoms with van der Waals surface area (Å²) < 4.78 is 10.8. The molecule has 7 heteroatoms. The van der Waals surface area contributed by atoms with E-state index in [2.05, 4.69) is 0 Å². The van der Waals surface area contributed by atoms with E-state index in [9.17, 15) is 14.7 Å². The van der Waals surface area contributed by atoms with Crippen molar-refractivity contribution in [3.05, 3.63) is 53.6 Å². The number of rotatable bonds is 5. The highest BCUT2D eigenvalue weighted by atomic mass is 35.5. The molecule has 0 saturated heterocycles. The average Bonchev–Trinajstić information content (AvgIpc) is 2.60. The van der Waals surface area contributed by atoms with Gasteiger partial charge in [0.2, 0.25) is 0 Å². The zero-order chi connectivity index (χ0) is 17.7. The summed E-state index contributed by atoms with van der Waals surface area (Å²) in [7, 11) is 1.26. The molecule has 0 aromatic heterocycles. The minimum atomic E-state index is -0.589. The van der Waals surface area contributed by atoms with E-state index in [1.54, 1.807) is 31.2 Å². The van der Waals surface area contributed by atoms with Crippen LogP contribution in [0.25, 0.3) is 0 Å². The first-order valence-corrected chi connectivity index (χ1v) is 7.46. The van der Waals surface area contributed by atoms with Crippen LogP contribution in [0.3, 0.4) is 0 Å². The Kier molecular flexibility index (Phi) is 5.65. The highest BCUT2D eigenvalue weighted by Gasteiger charge is 2.22. The van der Waals surface area contributed by atoms with Crippen molar-refractivity contribution < 1.29 is 24.2 Å². The van der Waals surface area contributed by atoms with Crippen LogP contribution in [0.1, 0.15) is 27.6 Å². The Morgan fingerprint density at radius 3 is 2.42 bits per heavy atom. The minimum Gasteiger partial charge on any atom is -0.508 e. The molecule has 0 heterocycles. The van der Waals surface area contributed by atoms with E-state index in [1.165, 1.54) is 25.3 Å². The van der Waals surface area contributed by atoms with E-state index in [0.717, 1.165) is 4.42 Å². The van der Waals surface area contributed by atoms with Crippen molar-refractivity contribution in [2.45, 2.75) is 6.92 Å². The first-order chi connectivity index (χ1) is 11.5. The Bertz CT molecular complexity index is 762. The molecule has 0 fully saturated rings. The number of anilines is 2. The van der Waals surface area contributed by atoms with Gasteiger partial charge in [-0.15, -0.1) is 0 Å². The largest absolute Gasteiger partial charge is 0.508 e. The van der Waals surface area contributed by atoms with E-state index in [1.807, 2.05) is 0 Å². The van der Waals surface area contributed by atoms with Crippen LogP contribution in [0.15, 0.2) is 42.5 Å². The summed E-state index contributed by atoms with van der Waals surface area (Å²) in [5.74, 6) is -1.25. The van der Waals surface area contributed by atoms with Gasteiger partial charge in [-0.25, -0.2) is 9.59 Å². The molecule has 0 aliphatic carbocycles. The number of para-hydroxylation sites is 1. The van der Waals surface area contributed by atoms with Gasteiger partial charge in [-0.2, -0.15) is 0 Å². The number of phenolic OH excluding ortho intramolecular Hbond substituents is 1. The molecule has 2 aromatic carbocycles. The van der Waals surface area contributed by atoms with Gasteiger partial charge in [-0.1, -0.05) is 12.1 Å². The maximum absolute atomic E-state index is 12.1. The number of ether oxygens (including phenoxy) is 2. The Balaban J connectivity index is 2.54. The number of phenols is 1. The van der Waals surface area contributed by atoms with Gasteiger partial charge in [-0.3, -0.25) is 4.42 Å². The van der Waals surface area contributed by atoms with Crippen LogP contribution in [0.2, 0.25) is 0 Å². The Morgan fingerprint density at radius 2 is 1.75 bits per heavy atom. The van der Waals surface area contributed by atoms with E-state index in [4.69, 9.17) is 21.3 Å². The lowest BCUT2D eigenvalue weighted by molar-refractivity contribution is 0.0526. The van der Waals surface area contributed by atoms with Gasteiger partial charge in [0.05, 0.1) is 36.2 Å². The van der Waals surface area contributed by atoms with Crippen molar-refractivity contribution in [2.75, 3.05) is 18.1 Å². The zero-order valence-corrected chi connectivity index (χ0v) is 13.9. The summed E-state index contributed by atoms with van der Waals surface area (Å²) >= 11 is 6.37. The first kappa shape index (κ1) is 17.6. The number of methoxy groups -OCH3 is 1. The van der Waals surface area contributed by atoms with Crippen LogP contribution in [0.5, 0.6) is 5.75 Å². The van der Waals surface area contributed by atoms with Gasteiger partial charge < -0.3 is 14.6 Å². The second-order valence-corrected chi connectivity index (χ2v) is 5.05. The van der Waals surface area contributed by atoms with Crippen molar-refractivity contribution in [3.8, 4) is 5.75 Å². The number of benzene rings is 2. The lowest BCUT2D eigenvalue weighted by Crippen LogP contribution is -2.14. The quantitative estimate of drug-likeness (QED) is 0.656. The number of carbonyl (C=O) groups excluding carboxylic acids is 2. The SMILES string of the molecule is CCOC(=O)c1ccc(O)cc1N(Cl)c1ccccc1C(=O)OC. The van der Waals surface area contributed by atoms with E-state index in [0.29, 0.717) is 5.69 Å². The number of nitrogens with zero attached hydrogens (tertiary/aromatic N) is 1. The van der Waals surface area contributed by atoms with E-state index < -0.39 is 11.9 Å². The number of esters is 2. The van der Waals surface area contributed by atoms with Crippen molar-refractivity contribution in [1.29, 1.82) is 0 Å². The number of carbonyl (C=O) groups is 2. The van der Waals surface area contributed by atoms with Crippen molar-refractivity contribution in [3.63, 3.8) is 0 Å². The zero-order valence-electron chi connectivity index (χ0n) is 13.2. The third-order valence-electron chi connectivity index (χ3n) is 3.21. The Hall–Kier alpha value is -2.73. The van der Waals surface area contributed by atoms with Crippen LogP contribution in [-0.2, 0) is 9.47 Å². The lowest BCUT2D eigenvalue weighted by Gasteiger charge is -2.21. The molecule has 2 aromatic rings. The molecule has 2 rings (SSSR count). The molecular weight excluding hydrogens is 334 g/mol.